The minimum Gasteiger partial charge on any atom is -0.327 e. The summed E-state index contributed by atoms with van der Waals surface area (Å²) >= 11 is 0. The molecule has 7 heteroatoms. The maximum Gasteiger partial charge on any atom is 0.276 e. The Kier molecular flexibility index (Phi) is 4.78. The van der Waals surface area contributed by atoms with Gasteiger partial charge in [-0.2, -0.15) is 5.10 Å². The molecule has 110 valence electrons. The SMILES string of the molecule is NC/C(=C\F)Cn1ccc(C(=O)Nc2ccc(F)cc2)n1. The van der Waals surface area contributed by atoms with Crippen molar-refractivity contribution in [3.63, 3.8) is 0 Å². The van der Waals surface area contributed by atoms with Crippen LogP contribution >= 0.6 is 0 Å². The molecule has 21 heavy (non-hydrogen) atoms. The van der Waals surface area contributed by atoms with Gasteiger partial charge >= 0.3 is 0 Å². The molecule has 2 rings (SSSR count). The van der Waals surface area contributed by atoms with E-state index < -0.39 is 5.91 Å². The minimum atomic E-state index is -0.432. The van der Waals surface area contributed by atoms with E-state index in [0.717, 1.165) is 0 Å². The Morgan fingerprint density at radius 3 is 2.67 bits per heavy atom. The standard InChI is InChI=1S/C14H14F2N4O/c15-7-10(8-17)9-20-6-5-13(19-20)14(21)18-12-3-1-11(16)2-4-12/h1-7H,8-9,17H2,(H,18,21)/b10-7+. The van der Waals surface area contributed by atoms with E-state index in [1.807, 2.05) is 0 Å². The van der Waals surface area contributed by atoms with Crippen molar-refractivity contribution >= 4 is 11.6 Å². The number of nitrogens with zero attached hydrogens (tertiary/aromatic N) is 2. The van der Waals surface area contributed by atoms with Crippen molar-refractivity contribution in [1.82, 2.24) is 9.78 Å². The average Bonchev–Trinajstić information content (AvgIpc) is 2.96. The van der Waals surface area contributed by atoms with Crippen LogP contribution in [0.25, 0.3) is 0 Å². The number of nitrogens with one attached hydrogen (secondary N) is 1. The fraction of sp³-hybridized carbons (Fsp3) is 0.143. The lowest BCUT2D eigenvalue weighted by Gasteiger charge is -2.04. The van der Waals surface area contributed by atoms with E-state index >= 15 is 0 Å². The summed E-state index contributed by atoms with van der Waals surface area (Å²) in [6.07, 6.45) is 1.98. The minimum absolute atomic E-state index is 0.0769. The summed E-state index contributed by atoms with van der Waals surface area (Å²) < 4.78 is 26.6. The topological polar surface area (TPSA) is 72.9 Å². The third kappa shape index (κ3) is 3.96. The third-order valence-electron chi connectivity index (χ3n) is 2.76. The molecule has 0 aliphatic carbocycles. The molecular formula is C14H14F2N4O. The zero-order valence-electron chi connectivity index (χ0n) is 11.1. The molecule has 1 heterocycles. The Morgan fingerprint density at radius 2 is 2.05 bits per heavy atom. The molecule has 1 amide bonds. The normalized spacial score (nSPS) is 11.5. The van der Waals surface area contributed by atoms with Gasteiger partial charge in [-0.3, -0.25) is 9.48 Å². The molecule has 0 fully saturated rings. The molecule has 0 radical (unpaired) electrons. The predicted octanol–water partition coefficient (Wildman–Crippen LogP) is 2.09. The Morgan fingerprint density at radius 1 is 1.33 bits per heavy atom. The van der Waals surface area contributed by atoms with Crippen LogP contribution in [0.4, 0.5) is 14.5 Å². The Balaban J connectivity index is 2.03. The molecule has 0 atom stereocenters. The van der Waals surface area contributed by atoms with Gasteiger partial charge in [-0.05, 0) is 35.9 Å². The van der Waals surface area contributed by atoms with Crippen molar-refractivity contribution in [3.05, 3.63) is 59.9 Å². The lowest BCUT2D eigenvalue weighted by molar-refractivity contribution is 0.102. The zero-order chi connectivity index (χ0) is 15.2. The van der Waals surface area contributed by atoms with Crippen LogP contribution in [0, 0.1) is 5.82 Å². The van der Waals surface area contributed by atoms with Crippen molar-refractivity contribution in [2.75, 3.05) is 11.9 Å². The van der Waals surface area contributed by atoms with E-state index in [9.17, 15) is 13.6 Å². The number of halogens is 2. The highest BCUT2D eigenvalue weighted by molar-refractivity contribution is 6.02. The van der Waals surface area contributed by atoms with Gasteiger partial charge in [-0.25, -0.2) is 8.78 Å². The van der Waals surface area contributed by atoms with Crippen LogP contribution in [0.2, 0.25) is 0 Å². The number of hydrogen-bond acceptors (Lipinski definition) is 3. The van der Waals surface area contributed by atoms with E-state index in [1.54, 1.807) is 6.20 Å². The predicted molar refractivity (Wildman–Crippen MR) is 74.8 cm³/mol. The molecule has 0 saturated heterocycles. The van der Waals surface area contributed by atoms with Crippen molar-refractivity contribution in [1.29, 1.82) is 0 Å². The summed E-state index contributed by atoms with van der Waals surface area (Å²) in [6.45, 7) is 0.254. The van der Waals surface area contributed by atoms with Crippen LogP contribution in [0.5, 0.6) is 0 Å². The first kappa shape index (κ1) is 14.9. The molecular weight excluding hydrogens is 278 g/mol. The lowest BCUT2D eigenvalue weighted by atomic mass is 10.3. The first-order chi connectivity index (χ1) is 10.1. The molecule has 0 saturated carbocycles. The number of hydrogen-bond donors (Lipinski definition) is 2. The number of rotatable bonds is 5. The Bertz CT molecular complexity index is 649. The Hall–Kier alpha value is -2.54. The zero-order valence-corrected chi connectivity index (χ0v) is 11.1. The van der Waals surface area contributed by atoms with Gasteiger partial charge in [0, 0.05) is 18.4 Å². The maximum absolute atomic E-state index is 12.8. The second kappa shape index (κ2) is 6.76. The number of nitrogens with two attached hydrogens (primary N) is 1. The molecule has 5 nitrogen and oxygen atoms in total. The molecule has 0 spiro atoms. The van der Waals surface area contributed by atoms with Crippen LogP contribution in [0.1, 0.15) is 10.5 Å². The highest BCUT2D eigenvalue weighted by Gasteiger charge is 2.10. The monoisotopic (exact) mass is 292 g/mol. The summed E-state index contributed by atoms with van der Waals surface area (Å²) in [6, 6.07) is 6.89. The summed E-state index contributed by atoms with van der Waals surface area (Å²) in [5.41, 5.74) is 6.35. The van der Waals surface area contributed by atoms with Crippen LogP contribution in [-0.4, -0.2) is 22.2 Å². The number of carbonyl (C=O) groups excluding carboxylic acids is 1. The lowest BCUT2D eigenvalue weighted by Crippen LogP contribution is -2.14. The molecule has 0 aliphatic rings. The van der Waals surface area contributed by atoms with E-state index in [-0.39, 0.29) is 24.6 Å². The summed E-state index contributed by atoms with van der Waals surface area (Å²) in [5, 5.41) is 6.61. The number of amides is 1. The summed E-state index contributed by atoms with van der Waals surface area (Å²) in [4.78, 5) is 11.9. The van der Waals surface area contributed by atoms with E-state index in [1.165, 1.54) is 35.0 Å². The molecule has 1 aromatic heterocycles. The first-order valence-electron chi connectivity index (χ1n) is 6.21. The molecule has 1 aromatic carbocycles. The number of carbonyl (C=O) groups is 1. The van der Waals surface area contributed by atoms with Gasteiger partial charge in [-0.1, -0.05) is 0 Å². The highest BCUT2D eigenvalue weighted by Crippen LogP contribution is 2.10. The van der Waals surface area contributed by atoms with Crippen molar-refractivity contribution in [2.45, 2.75) is 6.54 Å². The van der Waals surface area contributed by atoms with Crippen molar-refractivity contribution in [2.24, 2.45) is 5.73 Å². The van der Waals surface area contributed by atoms with E-state index in [0.29, 0.717) is 17.6 Å². The first-order valence-corrected chi connectivity index (χ1v) is 6.21. The number of anilines is 1. The van der Waals surface area contributed by atoms with E-state index in [4.69, 9.17) is 5.73 Å². The fourth-order valence-corrected chi connectivity index (χ4v) is 1.65. The fourth-order valence-electron chi connectivity index (χ4n) is 1.65. The van der Waals surface area contributed by atoms with Gasteiger partial charge in [0.05, 0.1) is 12.9 Å². The van der Waals surface area contributed by atoms with Gasteiger partial charge < -0.3 is 11.1 Å². The maximum atomic E-state index is 12.8. The van der Waals surface area contributed by atoms with Gasteiger partial charge in [0.25, 0.3) is 5.91 Å². The number of aromatic nitrogens is 2. The highest BCUT2D eigenvalue weighted by atomic mass is 19.1. The van der Waals surface area contributed by atoms with Crippen molar-refractivity contribution in [3.8, 4) is 0 Å². The molecule has 0 unspecified atom stereocenters. The van der Waals surface area contributed by atoms with Crippen LogP contribution in [0.15, 0.2) is 48.4 Å². The quantitative estimate of drug-likeness (QED) is 0.886. The molecule has 2 aromatic rings. The third-order valence-corrected chi connectivity index (χ3v) is 2.76. The van der Waals surface area contributed by atoms with Crippen molar-refractivity contribution < 1.29 is 13.6 Å². The summed E-state index contributed by atoms with van der Waals surface area (Å²) in [7, 11) is 0. The largest absolute Gasteiger partial charge is 0.327 e. The molecule has 0 aliphatic heterocycles. The van der Waals surface area contributed by atoms with E-state index in [2.05, 4.69) is 10.4 Å². The second-order valence-corrected chi connectivity index (χ2v) is 4.33. The smallest absolute Gasteiger partial charge is 0.276 e. The van der Waals surface area contributed by atoms with Gasteiger partial charge in [0.2, 0.25) is 0 Å². The second-order valence-electron chi connectivity index (χ2n) is 4.33. The average molecular weight is 292 g/mol. The van der Waals surface area contributed by atoms with Gasteiger partial charge in [0.15, 0.2) is 5.69 Å². The number of benzene rings is 1. The molecule has 0 bridgehead atoms. The van der Waals surface area contributed by atoms with Crippen LogP contribution < -0.4 is 11.1 Å². The van der Waals surface area contributed by atoms with Crippen LogP contribution in [0.3, 0.4) is 0 Å². The molecule has 3 N–H and O–H groups in total. The Labute approximate surface area is 120 Å². The van der Waals surface area contributed by atoms with Gasteiger partial charge in [0.1, 0.15) is 5.82 Å². The van der Waals surface area contributed by atoms with Gasteiger partial charge in [-0.15, -0.1) is 0 Å². The summed E-state index contributed by atoms with van der Waals surface area (Å²) in [5.74, 6) is -0.816. The van der Waals surface area contributed by atoms with Crippen LogP contribution in [-0.2, 0) is 6.54 Å².